The zero-order chi connectivity index (χ0) is 16.4. The number of rotatable bonds is 3. The normalized spacial score (nSPS) is 20.7. The lowest BCUT2D eigenvalue weighted by molar-refractivity contribution is -0.126. The molecule has 2 N–H and O–H groups in total. The Morgan fingerprint density at radius 3 is 2.83 bits per heavy atom. The predicted molar refractivity (Wildman–Crippen MR) is 82.2 cm³/mol. The minimum Gasteiger partial charge on any atom is -0.495 e. The number of amides is 5. The van der Waals surface area contributed by atoms with Crippen LogP contribution in [0.25, 0.3) is 0 Å². The number of benzene rings is 1. The monoisotopic (exact) mass is 318 g/mol. The van der Waals surface area contributed by atoms with Gasteiger partial charge in [0.25, 0.3) is 0 Å². The Morgan fingerprint density at radius 1 is 1.35 bits per heavy atom. The van der Waals surface area contributed by atoms with Gasteiger partial charge >= 0.3 is 12.1 Å². The van der Waals surface area contributed by atoms with Gasteiger partial charge in [-0.05, 0) is 18.6 Å². The minimum atomic E-state index is -0.382. The molecule has 1 atom stereocenters. The fraction of sp³-hybridized carbons (Fsp3) is 0.400. The molecule has 3 rings (SSSR count). The number of hydrogen-bond acceptors (Lipinski definition) is 4. The Hall–Kier alpha value is -2.77. The van der Waals surface area contributed by atoms with Crippen LogP contribution in [-0.4, -0.2) is 60.6 Å². The molecule has 8 nitrogen and oxygen atoms in total. The molecule has 0 spiro atoms. The molecule has 2 saturated heterocycles. The van der Waals surface area contributed by atoms with Crippen LogP contribution in [0.5, 0.6) is 5.75 Å². The van der Waals surface area contributed by atoms with E-state index in [1.165, 1.54) is 12.0 Å². The molecule has 1 unspecified atom stereocenters. The number of anilines is 1. The van der Waals surface area contributed by atoms with Gasteiger partial charge in [0.05, 0.1) is 25.4 Å². The number of imide groups is 1. The van der Waals surface area contributed by atoms with Crippen molar-refractivity contribution < 1.29 is 19.1 Å². The highest BCUT2D eigenvalue weighted by atomic mass is 16.5. The van der Waals surface area contributed by atoms with Crippen molar-refractivity contribution in [3.8, 4) is 5.75 Å². The SMILES string of the molecule is COc1ccccc1NC(=O)N1CCC(N2C(=O)CNC2=O)C1. The highest BCUT2D eigenvalue weighted by Crippen LogP contribution is 2.25. The van der Waals surface area contributed by atoms with Crippen LogP contribution in [0.1, 0.15) is 6.42 Å². The first-order valence-electron chi connectivity index (χ1n) is 7.39. The van der Waals surface area contributed by atoms with E-state index in [1.807, 2.05) is 6.07 Å². The number of nitrogens with zero attached hydrogens (tertiary/aromatic N) is 2. The summed E-state index contributed by atoms with van der Waals surface area (Å²) in [6, 6.07) is 6.21. The first kappa shape index (κ1) is 15.1. The zero-order valence-electron chi connectivity index (χ0n) is 12.7. The van der Waals surface area contributed by atoms with Gasteiger partial charge in [-0.15, -0.1) is 0 Å². The molecule has 2 aliphatic rings. The standard InChI is InChI=1S/C15H18N4O4/c1-23-12-5-3-2-4-11(12)17-15(22)18-7-6-10(9-18)19-13(20)8-16-14(19)21/h2-5,10H,6-9H2,1H3,(H,16,21)(H,17,22). The van der Waals surface area contributed by atoms with Gasteiger partial charge < -0.3 is 20.3 Å². The summed E-state index contributed by atoms with van der Waals surface area (Å²) in [5.41, 5.74) is 0.582. The lowest BCUT2D eigenvalue weighted by Gasteiger charge is -2.22. The van der Waals surface area contributed by atoms with Crippen molar-refractivity contribution in [3.05, 3.63) is 24.3 Å². The van der Waals surface area contributed by atoms with E-state index in [1.54, 1.807) is 23.1 Å². The summed E-state index contributed by atoms with van der Waals surface area (Å²) in [7, 11) is 1.54. The number of hydrogen-bond donors (Lipinski definition) is 2. The summed E-state index contributed by atoms with van der Waals surface area (Å²) in [5, 5.41) is 5.29. The highest BCUT2D eigenvalue weighted by molar-refractivity contribution is 6.02. The van der Waals surface area contributed by atoms with Gasteiger partial charge in [-0.1, -0.05) is 12.1 Å². The third-order valence-electron chi connectivity index (χ3n) is 4.04. The second kappa shape index (κ2) is 6.15. The molecule has 0 bridgehead atoms. The Labute approximate surface area is 133 Å². The molecule has 23 heavy (non-hydrogen) atoms. The largest absolute Gasteiger partial charge is 0.495 e. The quantitative estimate of drug-likeness (QED) is 0.809. The molecule has 122 valence electrons. The fourth-order valence-electron chi connectivity index (χ4n) is 2.88. The Kier molecular flexibility index (Phi) is 4.05. The second-order valence-corrected chi connectivity index (χ2v) is 5.44. The van der Waals surface area contributed by atoms with Crippen LogP contribution < -0.4 is 15.4 Å². The zero-order valence-corrected chi connectivity index (χ0v) is 12.7. The molecule has 8 heteroatoms. The van der Waals surface area contributed by atoms with Crippen LogP contribution in [0.3, 0.4) is 0 Å². The summed E-state index contributed by atoms with van der Waals surface area (Å²) in [5.74, 6) is 0.331. The molecule has 2 fully saturated rings. The molecule has 0 radical (unpaired) electrons. The Balaban J connectivity index is 1.63. The van der Waals surface area contributed by atoms with Gasteiger partial charge in [0.2, 0.25) is 5.91 Å². The molecule has 0 aliphatic carbocycles. The van der Waals surface area contributed by atoms with E-state index in [9.17, 15) is 14.4 Å². The van der Waals surface area contributed by atoms with Crippen LogP contribution in [0.15, 0.2) is 24.3 Å². The van der Waals surface area contributed by atoms with Crippen LogP contribution in [-0.2, 0) is 4.79 Å². The van der Waals surface area contributed by atoms with Crippen molar-refractivity contribution in [2.24, 2.45) is 0 Å². The van der Waals surface area contributed by atoms with Gasteiger partial charge in [-0.2, -0.15) is 0 Å². The summed E-state index contributed by atoms with van der Waals surface area (Å²) >= 11 is 0. The first-order valence-corrected chi connectivity index (χ1v) is 7.39. The minimum absolute atomic E-state index is 0.0305. The number of carbonyl (C=O) groups is 3. The van der Waals surface area contributed by atoms with Crippen molar-refractivity contribution in [1.29, 1.82) is 0 Å². The van der Waals surface area contributed by atoms with Gasteiger partial charge in [0, 0.05) is 13.1 Å². The second-order valence-electron chi connectivity index (χ2n) is 5.44. The van der Waals surface area contributed by atoms with Crippen LogP contribution in [0, 0.1) is 0 Å². The van der Waals surface area contributed by atoms with E-state index in [2.05, 4.69) is 10.6 Å². The predicted octanol–water partition coefficient (Wildman–Crippen LogP) is 0.853. The molecular weight excluding hydrogens is 300 g/mol. The van der Waals surface area contributed by atoms with E-state index in [4.69, 9.17) is 4.74 Å². The molecule has 2 aliphatic heterocycles. The Morgan fingerprint density at radius 2 is 2.13 bits per heavy atom. The summed E-state index contributed by atoms with van der Waals surface area (Å²) < 4.78 is 5.20. The van der Waals surface area contributed by atoms with Crippen molar-refractivity contribution in [1.82, 2.24) is 15.1 Å². The molecule has 5 amide bonds. The third kappa shape index (κ3) is 2.92. The highest BCUT2D eigenvalue weighted by Gasteiger charge is 2.39. The summed E-state index contributed by atoms with van der Waals surface area (Å²) in [4.78, 5) is 38.6. The van der Waals surface area contributed by atoms with Gasteiger partial charge in [0.1, 0.15) is 5.75 Å². The van der Waals surface area contributed by atoms with E-state index in [0.29, 0.717) is 30.9 Å². The first-order chi connectivity index (χ1) is 11.1. The lowest BCUT2D eigenvalue weighted by Crippen LogP contribution is -2.43. The maximum Gasteiger partial charge on any atom is 0.324 e. The topological polar surface area (TPSA) is 91.0 Å². The van der Waals surface area contributed by atoms with E-state index in [-0.39, 0.29) is 30.6 Å². The van der Waals surface area contributed by atoms with E-state index in [0.717, 1.165) is 0 Å². The van der Waals surface area contributed by atoms with Crippen molar-refractivity contribution in [2.45, 2.75) is 12.5 Å². The smallest absolute Gasteiger partial charge is 0.324 e. The lowest BCUT2D eigenvalue weighted by atomic mass is 10.2. The van der Waals surface area contributed by atoms with Crippen molar-refractivity contribution in [2.75, 3.05) is 32.1 Å². The van der Waals surface area contributed by atoms with Gasteiger partial charge in [0.15, 0.2) is 0 Å². The fourth-order valence-corrected chi connectivity index (χ4v) is 2.88. The average molecular weight is 318 g/mol. The number of methoxy groups -OCH3 is 1. The van der Waals surface area contributed by atoms with Gasteiger partial charge in [-0.25, -0.2) is 9.59 Å². The number of para-hydroxylation sites is 2. The molecule has 1 aromatic carbocycles. The van der Waals surface area contributed by atoms with Crippen LogP contribution in [0.4, 0.5) is 15.3 Å². The molecule has 2 heterocycles. The summed E-state index contributed by atoms with van der Waals surface area (Å²) in [6.07, 6.45) is 0.582. The summed E-state index contributed by atoms with van der Waals surface area (Å²) in [6.45, 7) is 0.853. The number of likely N-dealkylation sites (tertiary alicyclic amines) is 1. The Bertz CT molecular complexity index is 632. The van der Waals surface area contributed by atoms with Gasteiger partial charge in [-0.3, -0.25) is 9.69 Å². The number of carbonyl (C=O) groups excluding carboxylic acids is 3. The van der Waals surface area contributed by atoms with Crippen molar-refractivity contribution >= 4 is 23.7 Å². The number of ether oxygens (including phenoxy) is 1. The number of nitrogens with one attached hydrogen (secondary N) is 2. The van der Waals surface area contributed by atoms with Crippen LogP contribution in [0.2, 0.25) is 0 Å². The van der Waals surface area contributed by atoms with E-state index < -0.39 is 0 Å². The maximum absolute atomic E-state index is 12.4. The van der Waals surface area contributed by atoms with Crippen molar-refractivity contribution in [3.63, 3.8) is 0 Å². The molecule has 0 saturated carbocycles. The third-order valence-corrected chi connectivity index (χ3v) is 4.04. The average Bonchev–Trinajstić information content (AvgIpc) is 3.14. The number of urea groups is 2. The van der Waals surface area contributed by atoms with Crippen LogP contribution >= 0.6 is 0 Å². The molecule has 1 aromatic rings. The maximum atomic E-state index is 12.4. The molecular formula is C15H18N4O4. The van der Waals surface area contributed by atoms with E-state index >= 15 is 0 Å². The molecule has 0 aromatic heterocycles.